The molecule has 0 aliphatic carbocycles. The molecule has 1 aromatic heterocycles. The molecule has 1 saturated heterocycles. The minimum Gasteiger partial charge on any atom is -0.352 e. The first kappa shape index (κ1) is 17.1. The van der Waals surface area contributed by atoms with Crippen LogP contribution in [0.4, 0.5) is 0 Å². The Morgan fingerprint density at radius 2 is 1.92 bits per heavy atom. The maximum Gasteiger partial charge on any atom is 0.253 e. The van der Waals surface area contributed by atoms with Gasteiger partial charge in [0, 0.05) is 37.6 Å². The molecule has 2 amide bonds. The van der Waals surface area contributed by atoms with E-state index in [1.165, 1.54) is 0 Å². The summed E-state index contributed by atoms with van der Waals surface area (Å²) in [5.41, 5.74) is 2.43. The van der Waals surface area contributed by atoms with Crippen LogP contribution < -0.4 is 5.32 Å². The zero-order chi connectivity index (χ0) is 17.6. The summed E-state index contributed by atoms with van der Waals surface area (Å²) < 4.78 is 0. The van der Waals surface area contributed by atoms with Gasteiger partial charge in [0.1, 0.15) is 0 Å². The van der Waals surface area contributed by atoms with Crippen LogP contribution in [0.2, 0.25) is 0 Å². The third-order valence-electron chi connectivity index (χ3n) is 4.64. The number of piperidine rings is 1. The molecule has 1 aromatic carbocycles. The Morgan fingerprint density at radius 1 is 1.16 bits per heavy atom. The molecule has 0 saturated carbocycles. The number of likely N-dealkylation sites (tertiary alicyclic amines) is 1. The lowest BCUT2D eigenvalue weighted by Crippen LogP contribution is -2.41. The molecule has 5 heteroatoms. The van der Waals surface area contributed by atoms with Crippen LogP contribution in [0.5, 0.6) is 0 Å². The lowest BCUT2D eigenvalue weighted by atomic mass is 9.96. The van der Waals surface area contributed by atoms with E-state index in [1.54, 1.807) is 24.5 Å². The zero-order valence-corrected chi connectivity index (χ0v) is 14.4. The lowest BCUT2D eigenvalue weighted by molar-refractivity contribution is 0.0684. The molecule has 3 rings (SSSR count). The maximum atomic E-state index is 12.6. The zero-order valence-electron chi connectivity index (χ0n) is 14.4. The predicted octanol–water partition coefficient (Wildman–Crippen LogP) is 2.67. The molecular weight excluding hydrogens is 314 g/mol. The second-order valence-electron chi connectivity index (χ2n) is 6.56. The van der Waals surface area contributed by atoms with E-state index in [-0.39, 0.29) is 11.8 Å². The van der Waals surface area contributed by atoms with E-state index < -0.39 is 0 Å². The van der Waals surface area contributed by atoms with Gasteiger partial charge >= 0.3 is 0 Å². The average molecular weight is 337 g/mol. The number of benzene rings is 1. The Labute approximate surface area is 148 Å². The lowest BCUT2D eigenvalue weighted by Gasteiger charge is -2.32. The SMILES string of the molecule is Cc1cccc(C(=O)N2CCC(CNC(=O)c3cccnc3)CC2)c1. The molecule has 0 bridgehead atoms. The van der Waals surface area contributed by atoms with E-state index in [4.69, 9.17) is 0 Å². The maximum absolute atomic E-state index is 12.6. The van der Waals surface area contributed by atoms with E-state index >= 15 is 0 Å². The quantitative estimate of drug-likeness (QED) is 0.933. The smallest absolute Gasteiger partial charge is 0.253 e. The number of nitrogens with one attached hydrogen (secondary N) is 1. The van der Waals surface area contributed by atoms with Crippen molar-refractivity contribution in [3.8, 4) is 0 Å². The minimum atomic E-state index is -0.0913. The van der Waals surface area contributed by atoms with Gasteiger partial charge in [0.15, 0.2) is 0 Å². The molecule has 1 fully saturated rings. The molecule has 0 radical (unpaired) electrons. The van der Waals surface area contributed by atoms with Crippen LogP contribution in [-0.2, 0) is 0 Å². The van der Waals surface area contributed by atoms with Gasteiger partial charge in [-0.15, -0.1) is 0 Å². The second kappa shape index (κ2) is 7.92. The van der Waals surface area contributed by atoms with E-state index in [2.05, 4.69) is 10.3 Å². The van der Waals surface area contributed by atoms with Crippen LogP contribution >= 0.6 is 0 Å². The first-order valence-corrected chi connectivity index (χ1v) is 8.67. The fraction of sp³-hybridized carbons (Fsp3) is 0.350. The Kier molecular flexibility index (Phi) is 5.43. The van der Waals surface area contributed by atoms with Gasteiger partial charge in [0.25, 0.3) is 11.8 Å². The number of carbonyl (C=O) groups is 2. The van der Waals surface area contributed by atoms with Crippen molar-refractivity contribution >= 4 is 11.8 Å². The van der Waals surface area contributed by atoms with E-state index in [0.717, 1.165) is 37.1 Å². The normalized spacial score (nSPS) is 15.0. The number of aryl methyl sites for hydroxylation is 1. The topological polar surface area (TPSA) is 62.3 Å². The van der Waals surface area contributed by atoms with Crippen LogP contribution in [0.1, 0.15) is 39.1 Å². The first-order chi connectivity index (χ1) is 12.1. The van der Waals surface area contributed by atoms with Crippen molar-refractivity contribution in [2.75, 3.05) is 19.6 Å². The Morgan fingerprint density at radius 3 is 2.60 bits per heavy atom. The van der Waals surface area contributed by atoms with Crippen LogP contribution in [0.25, 0.3) is 0 Å². The molecule has 0 unspecified atom stereocenters. The standard InChI is InChI=1S/C20H23N3O2/c1-15-4-2-5-17(12-15)20(25)23-10-7-16(8-11-23)13-22-19(24)18-6-3-9-21-14-18/h2-6,9,12,14,16H,7-8,10-11,13H2,1H3,(H,22,24). The molecule has 1 N–H and O–H groups in total. The van der Waals surface area contributed by atoms with Crippen LogP contribution in [-0.4, -0.2) is 41.3 Å². The molecular formula is C20H23N3O2. The number of hydrogen-bond donors (Lipinski definition) is 1. The van der Waals surface area contributed by atoms with Crippen molar-refractivity contribution in [2.24, 2.45) is 5.92 Å². The first-order valence-electron chi connectivity index (χ1n) is 8.67. The van der Waals surface area contributed by atoms with E-state index in [1.807, 2.05) is 36.1 Å². The van der Waals surface area contributed by atoms with Gasteiger partial charge in [-0.2, -0.15) is 0 Å². The summed E-state index contributed by atoms with van der Waals surface area (Å²) in [6.45, 7) is 4.11. The third-order valence-corrected chi connectivity index (χ3v) is 4.64. The fourth-order valence-corrected chi connectivity index (χ4v) is 3.14. The average Bonchev–Trinajstić information content (AvgIpc) is 2.66. The molecule has 1 aliphatic heterocycles. The van der Waals surface area contributed by atoms with Gasteiger partial charge in [0.05, 0.1) is 5.56 Å². The molecule has 0 atom stereocenters. The molecule has 2 aromatic rings. The second-order valence-corrected chi connectivity index (χ2v) is 6.56. The summed E-state index contributed by atoms with van der Waals surface area (Å²) in [6, 6.07) is 11.2. The van der Waals surface area contributed by atoms with Gasteiger partial charge < -0.3 is 10.2 Å². The van der Waals surface area contributed by atoms with Gasteiger partial charge in [-0.05, 0) is 49.9 Å². The molecule has 25 heavy (non-hydrogen) atoms. The number of pyridine rings is 1. The summed E-state index contributed by atoms with van der Waals surface area (Å²) in [5, 5.41) is 2.97. The van der Waals surface area contributed by atoms with Crippen LogP contribution in [0, 0.1) is 12.8 Å². The van der Waals surface area contributed by atoms with E-state index in [0.29, 0.717) is 18.0 Å². The van der Waals surface area contributed by atoms with Gasteiger partial charge in [-0.3, -0.25) is 14.6 Å². The van der Waals surface area contributed by atoms with Crippen LogP contribution in [0.15, 0.2) is 48.8 Å². The number of amides is 2. The highest BCUT2D eigenvalue weighted by Crippen LogP contribution is 2.19. The van der Waals surface area contributed by atoms with Crippen molar-refractivity contribution in [1.82, 2.24) is 15.2 Å². The Bertz CT molecular complexity index is 738. The molecule has 130 valence electrons. The summed E-state index contributed by atoms with van der Waals surface area (Å²) in [4.78, 5) is 30.5. The summed E-state index contributed by atoms with van der Waals surface area (Å²) in [6.07, 6.45) is 5.03. The Hall–Kier alpha value is -2.69. The summed E-state index contributed by atoms with van der Waals surface area (Å²) in [7, 11) is 0. The highest BCUT2D eigenvalue weighted by atomic mass is 16.2. The summed E-state index contributed by atoms with van der Waals surface area (Å²) in [5.74, 6) is 0.412. The largest absolute Gasteiger partial charge is 0.352 e. The number of hydrogen-bond acceptors (Lipinski definition) is 3. The van der Waals surface area contributed by atoms with Crippen molar-refractivity contribution in [3.63, 3.8) is 0 Å². The molecule has 2 heterocycles. The molecule has 1 aliphatic rings. The number of rotatable bonds is 4. The van der Waals surface area contributed by atoms with Gasteiger partial charge in [-0.1, -0.05) is 17.7 Å². The van der Waals surface area contributed by atoms with Crippen molar-refractivity contribution in [2.45, 2.75) is 19.8 Å². The number of carbonyl (C=O) groups excluding carboxylic acids is 2. The minimum absolute atomic E-state index is 0.0913. The molecule has 0 spiro atoms. The monoisotopic (exact) mass is 337 g/mol. The van der Waals surface area contributed by atoms with Crippen LogP contribution in [0.3, 0.4) is 0 Å². The predicted molar refractivity (Wildman–Crippen MR) is 96.4 cm³/mol. The van der Waals surface area contributed by atoms with Crippen molar-refractivity contribution in [1.29, 1.82) is 0 Å². The van der Waals surface area contributed by atoms with Crippen molar-refractivity contribution in [3.05, 3.63) is 65.5 Å². The van der Waals surface area contributed by atoms with E-state index in [9.17, 15) is 9.59 Å². The van der Waals surface area contributed by atoms with Gasteiger partial charge in [0.2, 0.25) is 0 Å². The Balaban J connectivity index is 1.47. The van der Waals surface area contributed by atoms with Gasteiger partial charge in [-0.25, -0.2) is 0 Å². The fourth-order valence-electron chi connectivity index (χ4n) is 3.14. The number of nitrogens with zero attached hydrogens (tertiary/aromatic N) is 2. The number of aromatic nitrogens is 1. The molecule has 5 nitrogen and oxygen atoms in total. The highest BCUT2D eigenvalue weighted by Gasteiger charge is 2.24. The summed E-state index contributed by atoms with van der Waals surface area (Å²) >= 11 is 0. The third kappa shape index (κ3) is 4.44. The van der Waals surface area contributed by atoms with Crippen molar-refractivity contribution < 1.29 is 9.59 Å². The highest BCUT2D eigenvalue weighted by molar-refractivity contribution is 5.94.